The molecule has 0 saturated carbocycles. The highest BCUT2D eigenvalue weighted by molar-refractivity contribution is 5.88. The molecule has 1 aromatic carbocycles. The number of aliphatic carboxylic acids is 1. The van der Waals surface area contributed by atoms with Crippen molar-refractivity contribution in [2.45, 2.75) is 38.8 Å². The molecule has 1 aliphatic heterocycles. The van der Waals surface area contributed by atoms with Crippen molar-refractivity contribution in [3.63, 3.8) is 0 Å². The van der Waals surface area contributed by atoms with Gasteiger partial charge < -0.3 is 10.0 Å². The monoisotopic (exact) mass is 357 g/mol. The van der Waals surface area contributed by atoms with Gasteiger partial charge in [-0.3, -0.25) is 9.59 Å². The fraction of sp³-hybridized carbons (Fsp3) is 0.556. The Morgan fingerprint density at radius 3 is 2.32 bits per heavy atom. The van der Waals surface area contributed by atoms with Gasteiger partial charge in [-0.25, -0.2) is 0 Å². The Bertz CT molecular complexity index is 670. The van der Waals surface area contributed by atoms with E-state index in [1.165, 1.54) is 17.0 Å². The maximum absolute atomic E-state index is 12.9. The number of carbonyl (C=O) groups is 2. The number of nitrogens with zero attached hydrogens (tertiary/aromatic N) is 1. The number of benzene rings is 1. The van der Waals surface area contributed by atoms with E-state index in [0.717, 1.165) is 12.1 Å². The Hall–Kier alpha value is -2.05. The van der Waals surface area contributed by atoms with Crippen LogP contribution in [0.2, 0.25) is 0 Å². The van der Waals surface area contributed by atoms with Crippen molar-refractivity contribution < 1.29 is 27.9 Å². The minimum atomic E-state index is -4.48. The van der Waals surface area contributed by atoms with Crippen LogP contribution < -0.4 is 0 Å². The van der Waals surface area contributed by atoms with Crippen LogP contribution >= 0.6 is 0 Å². The number of carboxylic acids is 1. The Balaban J connectivity index is 2.29. The molecule has 1 amide bonds. The lowest BCUT2D eigenvalue weighted by Crippen LogP contribution is -2.51. The number of carboxylic acid groups (broad SMARTS) is 1. The molecular weight excluding hydrogens is 335 g/mol. The minimum Gasteiger partial charge on any atom is -0.481 e. The van der Waals surface area contributed by atoms with Crippen molar-refractivity contribution >= 4 is 11.9 Å². The van der Waals surface area contributed by atoms with E-state index < -0.39 is 29.0 Å². The second kappa shape index (κ2) is 6.69. The Labute approximate surface area is 144 Å². The van der Waals surface area contributed by atoms with Gasteiger partial charge in [0, 0.05) is 13.1 Å². The smallest absolute Gasteiger partial charge is 0.416 e. The zero-order valence-electron chi connectivity index (χ0n) is 14.4. The van der Waals surface area contributed by atoms with Gasteiger partial charge in [0.1, 0.15) is 0 Å². The molecule has 138 valence electrons. The van der Waals surface area contributed by atoms with Crippen molar-refractivity contribution in [2.75, 3.05) is 13.1 Å². The summed E-state index contributed by atoms with van der Waals surface area (Å²) in [4.78, 5) is 25.7. The molecule has 1 heterocycles. The highest BCUT2D eigenvalue weighted by Crippen LogP contribution is 2.34. The van der Waals surface area contributed by atoms with Gasteiger partial charge in [-0.2, -0.15) is 13.2 Å². The largest absolute Gasteiger partial charge is 0.481 e. The van der Waals surface area contributed by atoms with Crippen LogP contribution in [0.5, 0.6) is 0 Å². The predicted molar refractivity (Wildman–Crippen MR) is 86.0 cm³/mol. The Morgan fingerprint density at radius 1 is 1.16 bits per heavy atom. The first-order valence-electron chi connectivity index (χ1n) is 8.13. The number of alkyl halides is 3. The lowest BCUT2D eigenvalue weighted by Gasteiger charge is -2.39. The van der Waals surface area contributed by atoms with Crippen molar-refractivity contribution in [3.8, 4) is 0 Å². The number of piperidine rings is 1. The molecule has 1 aliphatic rings. The summed E-state index contributed by atoms with van der Waals surface area (Å²) in [6, 6.07) is 4.73. The molecule has 0 aliphatic carbocycles. The van der Waals surface area contributed by atoms with Crippen molar-refractivity contribution in [2.24, 2.45) is 11.8 Å². The van der Waals surface area contributed by atoms with E-state index >= 15 is 0 Å². The van der Waals surface area contributed by atoms with E-state index in [2.05, 4.69) is 0 Å². The van der Waals surface area contributed by atoms with E-state index in [-0.39, 0.29) is 23.9 Å². The molecule has 0 radical (unpaired) electrons. The van der Waals surface area contributed by atoms with Gasteiger partial charge in [0.15, 0.2) is 0 Å². The van der Waals surface area contributed by atoms with Crippen LogP contribution in [0.3, 0.4) is 0 Å². The van der Waals surface area contributed by atoms with Gasteiger partial charge in [-0.15, -0.1) is 0 Å². The first-order valence-corrected chi connectivity index (χ1v) is 8.13. The van der Waals surface area contributed by atoms with Crippen LogP contribution in [-0.2, 0) is 21.2 Å². The SMILES string of the molecule is CC1CC(C(=O)O)CN(C(=O)C(C)(C)c2cccc(C(F)(F)F)c2)C1. The van der Waals surface area contributed by atoms with Crippen LogP contribution in [0, 0.1) is 11.8 Å². The van der Waals surface area contributed by atoms with Crippen LogP contribution in [0.4, 0.5) is 13.2 Å². The number of halogens is 3. The zero-order valence-corrected chi connectivity index (χ0v) is 14.4. The minimum absolute atomic E-state index is 0.0242. The van der Waals surface area contributed by atoms with Gasteiger partial charge in [0.05, 0.1) is 16.9 Å². The zero-order chi connectivity index (χ0) is 19.0. The summed E-state index contributed by atoms with van der Waals surface area (Å²) in [7, 11) is 0. The number of hydrogen-bond donors (Lipinski definition) is 1. The van der Waals surface area contributed by atoms with E-state index in [0.29, 0.717) is 13.0 Å². The second-order valence-corrected chi connectivity index (χ2v) is 7.29. The summed E-state index contributed by atoms with van der Waals surface area (Å²) in [5.41, 5.74) is -1.72. The number of likely N-dealkylation sites (tertiary alicyclic amines) is 1. The Morgan fingerprint density at radius 2 is 1.76 bits per heavy atom. The third-order valence-corrected chi connectivity index (χ3v) is 4.74. The van der Waals surface area contributed by atoms with Crippen molar-refractivity contribution in [1.29, 1.82) is 0 Å². The fourth-order valence-electron chi connectivity index (χ4n) is 3.30. The molecule has 2 rings (SSSR count). The number of hydrogen-bond acceptors (Lipinski definition) is 2. The van der Waals surface area contributed by atoms with E-state index in [1.54, 1.807) is 13.8 Å². The molecule has 1 saturated heterocycles. The summed E-state index contributed by atoms with van der Waals surface area (Å²) in [5.74, 6) is -1.94. The topological polar surface area (TPSA) is 57.6 Å². The van der Waals surface area contributed by atoms with Gasteiger partial charge in [0.25, 0.3) is 0 Å². The third kappa shape index (κ3) is 4.14. The first-order chi connectivity index (χ1) is 11.4. The number of carbonyl (C=O) groups excluding carboxylic acids is 1. The van der Waals surface area contributed by atoms with Gasteiger partial charge in [-0.1, -0.05) is 25.1 Å². The quantitative estimate of drug-likeness (QED) is 0.900. The molecule has 2 unspecified atom stereocenters. The van der Waals surface area contributed by atoms with E-state index in [9.17, 15) is 27.9 Å². The third-order valence-electron chi connectivity index (χ3n) is 4.74. The standard InChI is InChI=1S/C18H22F3NO3/c1-11-7-12(15(23)24)10-22(9-11)16(25)17(2,3)13-5-4-6-14(8-13)18(19,20)21/h4-6,8,11-12H,7,9-10H2,1-3H3,(H,23,24). The van der Waals surface area contributed by atoms with Crippen LogP contribution in [0.25, 0.3) is 0 Å². The molecular formula is C18H22F3NO3. The molecule has 0 aromatic heterocycles. The molecule has 4 nitrogen and oxygen atoms in total. The summed E-state index contributed by atoms with van der Waals surface area (Å²) < 4.78 is 38.8. The molecule has 0 bridgehead atoms. The molecule has 7 heteroatoms. The fourth-order valence-corrected chi connectivity index (χ4v) is 3.30. The maximum Gasteiger partial charge on any atom is 0.416 e. The van der Waals surface area contributed by atoms with Gasteiger partial charge in [-0.05, 0) is 37.8 Å². The molecule has 25 heavy (non-hydrogen) atoms. The lowest BCUT2D eigenvalue weighted by molar-refractivity contribution is -0.148. The summed E-state index contributed by atoms with van der Waals surface area (Å²) in [6.07, 6.45) is -3.99. The Kier molecular flexibility index (Phi) is 5.16. The van der Waals surface area contributed by atoms with E-state index in [1.807, 2.05) is 6.92 Å². The average Bonchev–Trinajstić information content (AvgIpc) is 2.52. The molecule has 1 aromatic rings. The van der Waals surface area contributed by atoms with Crippen LogP contribution in [0.1, 0.15) is 38.3 Å². The van der Waals surface area contributed by atoms with E-state index in [4.69, 9.17) is 0 Å². The predicted octanol–water partition coefficient (Wildman–Crippen LogP) is 3.55. The molecule has 1 N–H and O–H groups in total. The lowest BCUT2D eigenvalue weighted by atomic mass is 9.80. The highest BCUT2D eigenvalue weighted by Gasteiger charge is 2.40. The second-order valence-electron chi connectivity index (χ2n) is 7.29. The number of amides is 1. The molecule has 0 spiro atoms. The van der Waals surface area contributed by atoms with Crippen LogP contribution in [0.15, 0.2) is 24.3 Å². The summed E-state index contributed by atoms with van der Waals surface area (Å²) >= 11 is 0. The van der Waals surface area contributed by atoms with Gasteiger partial charge in [0.2, 0.25) is 5.91 Å². The van der Waals surface area contributed by atoms with Gasteiger partial charge >= 0.3 is 12.1 Å². The molecule has 1 fully saturated rings. The normalized spacial score (nSPS) is 21.9. The van der Waals surface area contributed by atoms with Crippen molar-refractivity contribution in [1.82, 2.24) is 4.90 Å². The first kappa shape index (κ1) is 19.3. The average molecular weight is 357 g/mol. The van der Waals surface area contributed by atoms with Crippen molar-refractivity contribution in [3.05, 3.63) is 35.4 Å². The maximum atomic E-state index is 12.9. The summed E-state index contributed by atoms with van der Waals surface area (Å²) in [5, 5.41) is 9.24. The van der Waals surface area contributed by atoms with Crippen LogP contribution in [-0.4, -0.2) is 35.0 Å². The highest BCUT2D eigenvalue weighted by atomic mass is 19.4. The number of rotatable bonds is 3. The molecule has 2 atom stereocenters. The summed E-state index contributed by atoms with van der Waals surface area (Å²) in [6.45, 7) is 5.50.